The first-order valence-corrected chi connectivity index (χ1v) is 8.07. The van der Waals surface area contributed by atoms with Crippen molar-refractivity contribution in [2.24, 2.45) is 7.05 Å². The quantitative estimate of drug-likeness (QED) is 0.838. The van der Waals surface area contributed by atoms with Gasteiger partial charge in [-0.2, -0.15) is 13.2 Å². The van der Waals surface area contributed by atoms with E-state index in [4.69, 9.17) is 0 Å². The van der Waals surface area contributed by atoms with E-state index in [1.54, 1.807) is 29.0 Å². The van der Waals surface area contributed by atoms with Crippen LogP contribution >= 0.6 is 0 Å². The standard InChI is InChI=1S/C15H19F3N6O/c1-22-10-12(15(16,17)18)20-14(22)11-3-2-6-23(9-11)13(25)4-7-24-8-5-19-21-24/h5,8,10-11H,2-4,6-7,9H2,1H3/t11-/m0/s1. The van der Waals surface area contributed by atoms with Gasteiger partial charge in [0.15, 0.2) is 5.69 Å². The van der Waals surface area contributed by atoms with Crippen LogP contribution in [-0.4, -0.2) is 48.4 Å². The Kier molecular flexibility index (Phi) is 4.78. The lowest BCUT2D eigenvalue weighted by Crippen LogP contribution is -2.40. The van der Waals surface area contributed by atoms with Gasteiger partial charge in [-0.05, 0) is 12.8 Å². The molecule has 0 N–H and O–H groups in total. The molecule has 3 rings (SSSR count). The van der Waals surface area contributed by atoms with Crippen molar-refractivity contribution < 1.29 is 18.0 Å². The summed E-state index contributed by atoms with van der Waals surface area (Å²) in [6.45, 7) is 1.43. The maximum absolute atomic E-state index is 12.8. The van der Waals surface area contributed by atoms with Crippen LogP contribution in [0.4, 0.5) is 13.2 Å². The zero-order valence-electron chi connectivity index (χ0n) is 13.8. The molecule has 0 saturated carbocycles. The van der Waals surface area contributed by atoms with E-state index in [2.05, 4.69) is 15.3 Å². The first-order valence-electron chi connectivity index (χ1n) is 8.07. The molecule has 0 radical (unpaired) electrons. The number of carbonyl (C=O) groups excluding carboxylic acids is 1. The smallest absolute Gasteiger partial charge is 0.342 e. The predicted octanol–water partition coefficient (Wildman–Crippen LogP) is 1.83. The average molecular weight is 356 g/mol. The van der Waals surface area contributed by atoms with Gasteiger partial charge in [0.2, 0.25) is 5.91 Å². The number of piperidine rings is 1. The highest BCUT2D eigenvalue weighted by Gasteiger charge is 2.36. The normalized spacial score (nSPS) is 18.6. The molecule has 1 saturated heterocycles. The second kappa shape index (κ2) is 6.85. The number of halogens is 3. The maximum atomic E-state index is 12.8. The molecular formula is C15H19F3N6O. The maximum Gasteiger partial charge on any atom is 0.434 e. The van der Waals surface area contributed by atoms with Crippen LogP contribution in [0, 0.1) is 0 Å². The fourth-order valence-electron chi connectivity index (χ4n) is 3.13. The van der Waals surface area contributed by atoms with Crippen LogP contribution in [0.25, 0.3) is 0 Å². The van der Waals surface area contributed by atoms with E-state index in [0.29, 0.717) is 25.5 Å². The lowest BCUT2D eigenvalue weighted by molar-refractivity contribution is -0.141. The molecule has 0 aromatic carbocycles. The monoisotopic (exact) mass is 356 g/mol. The number of amides is 1. The highest BCUT2D eigenvalue weighted by molar-refractivity contribution is 5.76. The van der Waals surface area contributed by atoms with Crippen LogP contribution in [-0.2, 0) is 24.6 Å². The molecule has 1 amide bonds. The number of alkyl halides is 3. The largest absolute Gasteiger partial charge is 0.434 e. The highest BCUT2D eigenvalue weighted by atomic mass is 19.4. The number of hydrogen-bond acceptors (Lipinski definition) is 4. The molecule has 1 aliphatic rings. The van der Waals surface area contributed by atoms with Gasteiger partial charge in [-0.25, -0.2) is 4.98 Å². The molecule has 0 unspecified atom stereocenters. The molecular weight excluding hydrogens is 337 g/mol. The molecule has 1 aliphatic heterocycles. The Labute approximate surface area is 142 Å². The Hall–Kier alpha value is -2.39. The number of rotatable bonds is 4. The third-order valence-electron chi connectivity index (χ3n) is 4.37. The average Bonchev–Trinajstić information content (AvgIpc) is 3.21. The number of aromatic nitrogens is 5. The van der Waals surface area contributed by atoms with Crippen molar-refractivity contribution in [3.63, 3.8) is 0 Å². The molecule has 2 aromatic heterocycles. The lowest BCUT2D eigenvalue weighted by Gasteiger charge is -2.32. The van der Waals surface area contributed by atoms with Crippen LogP contribution < -0.4 is 0 Å². The Balaban J connectivity index is 1.64. The van der Waals surface area contributed by atoms with E-state index < -0.39 is 11.9 Å². The molecule has 25 heavy (non-hydrogen) atoms. The zero-order valence-corrected chi connectivity index (χ0v) is 13.8. The number of likely N-dealkylation sites (tertiary alicyclic amines) is 1. The van der Waals surface area contributed by atoms with Crippen molar-refractivity contribution >= 4 is 5.91 Å². The third kappa shape index (κ3) is 3.99. The van der Waals surface area contributed by atoms with Gasteiger partial charge in [0.1, 0.15) is 5.82 Å². The van der Waals surface area contributed by atoms with Crippen molar-refractivity contribution in [1.82, 2.24) is 29.4 Å². The molecule has 0 aliphatic carbocycles. The zero-order chi connectivity index (χ0) is 18.0. The summed E-state index contributed by atoms with van der Waals surface area (Å²) in [5, 5.41) is 7.49. The van der Waals surface area contributed by atoms with E-state index in [9.17, 15) is 18.0 Å². The first kappa shape index (κ1) is 17.4. The van der Waals surface area contributed by atoms with Crippen LogP contribution in [0.2, 0.25) is 0 Å². The van der Waals surface area contributed by atoms with Crippen LogP contribution in [0.3, 0.4) is 0 Å². The van der Waals surface area contributed by atoms with E-state index in [0.717, 1.165) is 19.0 Å². The van der Waals surface area contributed by atoms with Gasteiger partial charge in [0.25, 0.3) is 0 Å². The molecule has 0 spiro atoms. The third-order valence-corrected chi connectivity index (χ3v) is 4.37. The summed E-state index contributed by atoms with van der Waals surface area (Å²) in [6, 6.07) is 0. The van der Waals surface area contributed by atoms with Crippen molar-refractivity contribution in [2.45, 2.75) is 37.9 Å². The van der Waals surface area contributed by atoms with Crippen molar-refractivity contribution in [1.29, 1.82) is 0 Å². The summed E-state index contributed by atoms with van der Waals surface area (Å²) >= 11 is 0. The van der Waals surface area contributed by atoms with Crippen molar-refractivity contribution in [2.75, 3.05) is 13.1 Å². The molecule has 3 heterocycles. The Bertz CT molecular complexity index is 724. The van der Waals surface area contributed by atoms with Crippen LogP contribution in [0.1, 0.15) is 36.7 Å². The topological polar surface area (TPSA) is 68.8 Å². The number of imidazole rings is 1. The molecule has 1 fully saturated rings. The summed E-state index contributed by atoms with van der Waals surface area (Å²) in [5.41, 5.74) is -0.889. The van der Waals surface area contributed by atoms with Crippen LogP contribution in [0.15, 0.2) is 18.6 Å². The predicted molar refractivity (Wildman–Crippen MR) is 81.4 cm³/mol. The van der Waals surface area contributed by atoms with Gasteiger partial charge in [-0.1, -0.05) is 5.21 Å². The minimum absolute atomic E-state index is 0.0366. The van der Waals surface area contributed by atoms with E-state index >= 15 is 0 Å². The van der Waals surface area contributed by atoms with Gasteiger partial charge in [0, 0.05) is 44.9 Å². The van der Waals surface area contributed by atoms with Crippen LogP contribution in [0.5, 0.6) is 0 Å². The van der Waals surface area contributed by atoms with Crippen molar-refractivity contribution in [3.05, 3.63) is 30.1 Å². The summed E-state index contributed by atoms with van der Waals surface area (Å²) < 4.78 is 41.5. The number of carbonyl (C=O) groups is 1. The molecule has 7 nitrogen and oxygen atoms in total. The molecule has 0 bridgehead atoms. The summed E-state index contributed by atoms with van der Waals surface area (Å²) in [7, 11) is 1.56. The second-order valence-corrected chi connectivity index (χ2v) is 6.19. The molecule has 1 atom stereocenters. The minimum Gasteiger partial charge on any atom is -0.342 e. The number of hydrogen-bond donors (Lipinski definition) is 0. The molecule has 2 aromatic rings. The lowest BCUT2D eigenvalue weighted by atomic mass is 9.97. The highest BCUT2D eigenvalue weighted by Crippen LogP contribution is 2.32. The Morgan fingerprint density at radius 3 is 2.84 bits per heavy atom. The van der Waals surface area contributed by atoms with E-state index in [-0.39, 0.29) is 18.2 Å². The fraction of sp³-hybridized carbons (Fsp3) is 0.600. The fourth-order valence-corrected chi connectivity index (χ4v) is 3.13. The van der Waals surface area contributed by atoms with E-state index in [1.165, 1.54) is 4.57 Å². The van der Waals surface area contributed by atoms with Crippen molar-refractivity contribution in [3.8, 4) is 0 Å². The Morgan fingerprint density at radius 1 is 1.40 bits per heavy atom. The van der Waals surface area contributed by atoms with E-state index in [1.807, 2.05) is 0 Å². The minimum atomic E-state index is -4.46. The van der Waals surface area contributed by atoms with Gasteiger partial charge in [-0.3, -0.25) is 9.48 Å². The van der Waals surface area contributed by atoms with Gasteiger partial charge < -0.3 is 9.47 Å². The number of aryl methyl sites for hydroxylation is 2. The SMILES string of the molecule is Cn1cc(C(F)(F)F)nc1[C@H]1CCCN(C(=O)CCn2ccnn2)C1. The van der Waals surface area contributed by atoms with Gasteiger partial charge >= 0.3 is 6.18 Å². The summed E-state index contributed by atoms with van der Waals surface area (Å²) in [5.74, 6) is 0.150. The Morgan fingerprint density at radius 2 is 2.20 bits per heavy atom. The summed E-state index contributed by atoms with van der Waals surface area (Å²) in [4.78, 5) is 17.8. The first-order chi connectivity index (χ1) is 11.8. The van der Waals surface area contributed by atoms with Gasteiger partial charge in [-0.15, -0.1) is 5.10 Å². The molecule has 10 heteroatoms. The second-order valence-electron chi connectivity index (χ2n) is 6.19. The summed E-state index contributed by atoms with van der Waals surface area (Å²) in [6.07, 6.45) is 1.51. The molecule has 136 valence electrons. The van der Waals surface area contributed by atoms with Gasteiger partial charge in [0.05, 0.1) is 12.7 Å². The number of nitrogens with zero attached hydrogens (tertiary/aromatic N) is 6.